The van der Waals surface area contributed by atoms with Crippen molar-refractivity contribution in [1.82, 2.24) is 4.98 Å². The van der Waals surface area contributed by atoms with Crippen molar-refractivity contribution < 1.29 is 13.3 Å². The molecule has 110 valence electrons. The number of aromatic nitrogens is 1. The summed E-state index contributed by atoms with van der Waals surface area (Å²) in [4.78, 5) is 23.5. The van der Waals surface area contributed by atoms with Crippen LogP contribution in [0.5, 0.6) is 0 Å². The van der Waals surface area contributed by atoms with Crippen LogP contribution in [0.15, 0.2) is 46.3 Å². The molecule has 0 bridgehead atoms. The first kappa shape index (κ1) is 15.0. The summed E-state index contributed by atoms with van der Waals surface area (Å²) in [6, 6.07) is 4.40. The number of nitro benzene ring substituents is 1. The molecule has 0 aliphatic carbocycles. The largest absolute Gasteiger partial charge is 0.366 e. The highest BCUT2D eigenvalue weighted by Gasteiger charge is 2.19. The number of anilines is 1. The van der Waals surface area contributed by atoms with Crippen LogP contribution in [0.3, 0.4) is 0 Å². The Morgan fingerprint density at radius 2 is 2.00 bits per heavy atom. The lowest BCUT2D eigenvalue weighted by molar-refractivity contribution is -0.384. The summed E-state index contributed by atoms with van der Waals surface area (Å²) in [5, 5.41) is 10.4. The minimum Gasteiger partial charge on any atom is -0.366 e. The third-order valence-corrected chi connectivity index (χ3v) is 4.18. The zero-order valence-electron chi connectivity index (χ0n) is 10.2. The number of sulfonamides is 1. The van der Waals surface area contributed by atoms with Gasteiger partial charge < -0.3 is 4.98 Å². The molecule has 0 atom stereocenters. The highest BCUT2D eigenvalue weighted by Crippen LogP contribution is 2.28. The van der Waals surface area contributed by atoms with Gasteiger partial charge in [-0.2, -0.15) is 0 Å². The van der Waals surface area contributed by atoms with Gasteiger partial charge in [0.25, 0.3) is 15.7 Å². The lowest BCUT2D eigenvalue weighted by Gasteiger charge is -2.07. The second-order valence-corrected chi connectivity index (χ2v) is 5.96. The molecular formula is C11H8ClN3O5S. The lowest BCUT2D eigenvalue weighted by Crippen LogP contribution is -2.20. The molecule has 0 spiro atoms. The summed E-state index contributed by atoms with van der Waals surface area (Å²) in [5.74, 6) is 0. The molecule has 2 rings (SSSR count). The molecule has 1 heterocycles. The molecular weight excluding hydrogens is 322 g/mol. The average molecular weight is 330 g/mol. The van der Waals surface area contributed by atoms with E-state index in [0.29, 0.717) is 0 Å². The Hall–Kier alpha value is -2.39. The molecule has 0 radical (unpaired) electrons. The van der Waals surface area contributed by atoms with Gasteiger partial charge in [0.1, 0.15) is 5.02 Å². The number of nitrogens with one attached hydrogen (secondary N) is 2. The summed E-state index contributed by atoms with van der Waals surface area (Å²) < 4.78 is 26.2. The van der Waals surface area contributed by atoms with E-state index in [4.69, 9.17) is 11.6 Å². The Morgan fingerprint density at radius 1 is 1.29 bits per heavy atom. The normalized spacial score (nSPS) is 11.1. The van der Waals surface area contributed by atoms with Crippen molar-refractivity contribution in [1.29, 1.82) is 0 Å². The number of aromatic amines is 1. The number of hydrogen-bond acceptors (Lipinski definition) is 5. The van der Waals surface area contributed by atoms with Crippen molar-refractivity contribution in [3.8, 4) is 0 Å². The van der Waals surface area contributed by atoms with E-state index >= 15 is 0 Å². The fourth-order valence-corrected chi connectivity index (χ4v) is 2.89. The Bertz CT molecular complexity index is 862. The van der Waals surface area contributed by atoms with Gasteiger partial charge in [0.2, 0.25) is 5.43 Å². The standard InChI is InChI=1S/C11H8ClN3O5S/c12-8-5-7(1-2-9(8)15(17)18)14-21(19,20)11-6-13-4-3-10(11)16/h1-6,14H,(H,13,16). The summed E-state index contributed by atoms with van der Waals surface area (Å²) in [7, 11) is -4.12. The predicted molar refractivity (Wildman–Crippen MR) is 76.0 cm³/mol. The van der Waals surface area contributed by atoms with E-state index in [2.05, 4.69) is 9.71 Å². The summed E-state index contributed by atoms with van der Waals surface area (Å²) in [5.41, 5.74) is -1.03. The molecule has 0 amide bonds. The molecule has 0 saturated heterocycles. The minimum atomic E-state index is -4.12. The van der Waals surface area contributed by atoms with Gasteiger partial charge in [0, 0.05) is 24.5 Å². The van der Waals surface area contributed by atoms with E-state index in [9.17, 15) is 23.3 Å². The van der Waals surface area contributed by atoms with Crippen molar-refractivity contribution in [2.45, 2.75) is 4.90 Å². The molecule has 2 N–H and O–H groups in total. The van der Waals surface area contributed by atoms with Gasteiger partial charge in [-0.3, -0.25) is 19.6 Å². The summed E-state index contributed by atoms with van der Waals surface area (Å²) in [6.45, 7) is 0. The smallest absolute Gasteiger partial charge is 0.288 e. The van der Waals surface area contributed by atoms with Gasteiger partial charge in [-0.1, -0.05) is 11.6 Å². The van der Waals surface area contributed by atoms with Crippen LogP contribution >= 0.6 is 11.6 Å². The van der Waals surface area contributed by atoms with E-state index in [0.717, 1.165) is 24.4 Å². The molecule has 0 aliphatic rings. The molecule has 0 unspecified atom stereocenters. The number of pyridine rings is 1. The predicted octanol–water partition coefficient (Wildman–Crippen LogP) is 1.74. The van der Waals surface area contributed by atoms with Gasteiger partial charge in [0.05, 0.1) is 10.6 Å². The van der Waals surface area contributed by atoms with E-state index < -0.39 is 25.3 Å². The quantitative estimate of drug-likeness (QED) is 0.653. The number of halogens is 1. The molecule has 1 aromatic carbocycles. The Kier molecular flexibility index (Phi) is 3.96. The average Bonchev–Trinajstić information content (AvgIpc) is 2.38. The van der Waals surface area contributed by atoms with Crippen LogP contribution in [0.25, 0.3) is 0 Å². The Labute approximate surface area is 123 Å². The third kappa shape index (κ3) is 3.20. The van der Waals surface area contributed by atoms with Gasteiger partial charge in [-0.05, 0) is 12.1 Å². The number of rotatable bonds is 4. The molecule has 0 aliphatic heterocycles. The van der Waals surface area contributed by atoms with Crippen LogP contribution in [0, 0.1) is 10.1 Å². The number of nitrogens with zero attached hydrogens (tertiary/aromatic N) is 1. The number of H-pyrrole nitrogens is 1. The van der Waals surface area contributed by atoms with Crippen molar-refractivity contribution in [2.75, 3.05) is 4.72 Å². The SMILES string of the molecule is O=c1cc[nH]cc1S(=O)(=O)Nc1ccc([N+](=O)[O-])c(Cl)c1. The van der Waals surface area contributed by atoms with E-state index in [-0.39, 0.29) is 16.4 Å². The van der Waals surface area contributed by atoms with Crippen LogP contribution in [-0.2, 0) is 10.0 Å². The first-order valence-corrected chi connectivity index (χ1v) is 7.31. The maximum atomic E-state index is 12.0. The van der Waals surface area contributed by atoms with Gasteiger partial charge >= 0.3 is 0 Å². The summed E-state index contributed by atoms with van der Waals surface area (Å²) >= 11 is 5.69. The maximum Gasteiger partial charge on any atom is 0.288 e. The monoisotopic (exact) mass is 329 g/mol. The van der Waals surface area contributed by atoms with Crippen molar-refractivity contribution in [3.05, 3.63) is 62.0 Å². The molecule has 1 aromatic heterocycles. The van der Waals surface area contributed by atoms with E-state index in [1.165, 1.54) is 12.3 Å². The fraction of sp³-hybridized carbons (Fsp3) is 0. The number of benzene rings is 1. The first-order valence-electron chi connectivity index (χ1n) is 5.45. The number of hydrogen-bond donors (Lipinski definition) is 2. The molecule has 21 heavy (non-hydrogen) atoms. The van der Waals surface area contributed by atoms with Gasteiger partial charge in [-0.15, -0.1) is 0 Å². The molecule has 0 fully saturated rings. The fourth-order valence-electron chi connectivity index (χ4n) is 1.54. The zero-order valence-corrected chi connectivity index (χ0v) is 11.8. The highest BCUT2D eigenvalue weighted by molar-refractivity contribution is 7.92. The van der Waals surface area contributed by atoms with Crippen LogP contribution in [-0.4, -0.2) is 18.3 Å². The highest BCUT2D eigenvalue weighted by atomic mass is 35.5. The minimum absolute atomic E-state index is 0.00820. The van der Waals surface area contributed by atoms with Gasteiger partial charge in [0.15, 0.2) is 4.90 Å². The van der Waals surface area contributed by atoms with Crippen molar-refractivity contribution in [2.24, 2.45) is 0 Å². The van der Waals surface area contributed by atoms with Crippen LogP contribution in [0.2, 0.25) is 5.02 Å². The molecule has 2 aromatic rings. The van der Waals surface area contributed by atoms with E-state index in [1.54, 1.807) is 0 Å². The van der Waals surface area contributed by atoms with Crippen molar-refractivity contribution in [3.63, 3.8) is 0 Å². The molecule has 10 heteroatoms. The Balaban J connectivity index is 2.38. The lowest BCUT2D eigenvalue weighted by atomic mass is 10.3. The Morgan fingerprint density at radius 3 is 2.57 bits per heavy atom. The van der Waals surface area contributed by atoms with Crippen molar-refractivity contribution >= 4 is 33.0 Å². The zero-order chi connectivity index (χ0) is 15.6. The molecule has 0 saturated carbocycles. The topological polar surface area (TPSA) is 122 Å². The third-order valence-electron chi connectivity index (χ3n) is 2.47. The van der Waals surface area contributed by atoms with Crippen LogP contribution < -0.4 is 10.2 Å². The second-order valence-electron chi connectivity index (χ2n) is 3.90. The van der Waals surface area contributed by atoms with E-state index in [1.807, 2.05) is 0 Å². The first-order chi connectivity index (χ1) is 9.81. The van der Waals surface area contributed by atoms with Crippen LogP contribution in [0.4, 0.5) is 11.4 Å². The second kappa shape index (κ2) is 5.54. The number of nitro groups is 1. The molecule has 8 nitrogen and oxygen atoms in total. The maximum absolute atomic E-state index is 12.0. The summed E-state index contributed by atoms with van der Waals surface area (Å²) in [6.07, 6.45) is 2.34. The van der Waals surface area contributed by atoms with Crippen LogP contribution in [0.1, 0.15) is 0 Å². The van der Waals surface area contributed by atoms with Gasteiger partial charge in [-0.25, -0.2) is 8.42 Å².